The molecule has 0 radical (unpaired) electrons. The summed E-state index contributed by atoms with van der Waals surface area (Å²) in [5, 5.41) is 12.7. The smallest absolute Gasteiger partial charge is 0.0584 e. The van der Waals surface area contributed by atoms with Crippen LogP contribution in [0, 0.1) is 11.8 Å². The summed E-state index contributed by atoms with van der Waals surface area (Å²) in [5.74, 6) is 1.44. The molecule has 2 heteroatoms. The van der Waals surface area contributed by atoms with Gasteiger partial charge in [0.1, 0.15) is 0 Å². The van der Waals surface area contributed by atoms with Gasteiger partial charge in [-0.15, -0.1) is 0 Å². The van der Waals surface area contributed by atoms with Crippen LogP contribution in [0.3, 0.4) is 0 Å². The van der Waals surface area contributed by atoms with E-state index in [0.29, 0.717) is 6.04 Å². The standard InChI is InChI=1S/C13H29NO/c1-6-12(9-15)14-13(7-10(2)3)8-11(4)5/h10-15H,6-9H2,1-5H3. The molecule has 0 rings (SSSR count). The Balaban J connectivity index is 4.09. The van der Waals surface area contributed by atoms with Crippen molar-refractivity contribution in [2.75, 3.05) is 6.61 Å². The van der Waals surface area contributed by atoms with Gasteiger partial charge in [-0.1, -0.05) is 34.6 Å². The van der Waals surface area contributed by atoms with Crippen LogP contribution in [0.2, 0.25) is 0 Å². The Kier molecular flexibility index (Phi) is 8.07. The highest BCUT2D eigenvalue weighted by atomic mass is 16.3. The number of nitrogens with one attached hydrogen (secondary N) is 1. The Labute approximate surface area is 95.5 Å². The fraction of sp³-hybridized carbons (Fsp3) is 1.00. The summed E-state index contributed by atoms with van der Waals surface area (Å²) in [6, 6.07) is 0.828. The number of aliphatic hydroxyl groups is 1. The molecule has 0 bridgehead atoms. The van der Waals surface area contributed by atoms with E-state index in [1.54, 1.807) is 0 Å². The number of hydrogen-bond acceptors (Lipinski definition) is 2. The van der Waals surface area contributed by atoms with Crippen molar-refractivity contribution in [2.24, 2.45) is 11.8 Å². The molecule has 0 fully saturated rings. The molecule has 0 spiro atoms. The predicted octanol–water partition coefficient (Wildman–Crippen LogP) is 2.81. The van der Waals surface area contributed by atoms with Gasteiger partial charge in [-0.3, -0.25) is 0 Å². The molecule has 2 nitrogen and oxygen atoms in total. The number of rotatable bonds is 8. The SMILES string of the molecule is CCC(CO)NC(CC(C)C)CC(C)C. The Morgan fingerprint density at radius 1 is 0.933 bits per heavy atom. The fourth-order valence-corrected chi connectivity index (χ4v) is 2.00. The summed E-state index contributed by atoms with van der Waals surface area (Å²) in [4.78, 5) is 0. The molecule has 0 aliphatic heterocycles. The van der Waals surface area contributed by atoms with Crippen molar-refractivity contribution in [3.8, 4) is 0 Å². The maximum atomic E-state index is 9.18. The molecule has 1 atom stereocenters. The van der Waals surface area contributed by atoms with Crippen molar-refractivity contribution in [3.63, 3.8) is 0 Å². The monoisotopic (exact) mass is 215 g/mol. The third-order valence-corrected chi connectivity index (χ3v) is 2.70. The molecular formula is C13H29NO. The largest absolute Gasteiger partial charge is 0.395 e. The van der Waals surface area contributed by atoms with Gasteiger partial charge in [0.2, 0.25) is 0 Å². The van der Waals surface area contributed by atoms with Gasteiger partial charge in [-0.2, -0.15) is 0 Å². The molecule has 0 aliphatic rings. The lowest BCUT2D eigenvalue weighted by Crippen LogP contribution is -2.41. The van der Waals surface area contributed by atoms with Crippen LogP contribution in [-0.4, -0.2) is 23.8 Å². The maximum Gasteiger partial charge on any atom is 0.0584 e. The lowest BCUT2D eigenvalue weighted by Gasteiger charge is -2.26. The zero-order chi connectivity index (χ0) is 11.8. The van der Waals surface area contributed by atoms with Gasteiger partial charge < -0.3 is 10.4 Å². The summed E-state index contributed by atoms with van der Waals surface area (Å²) < 4.78 is 0. The lowest BCUT2D eigenvalue weighted by molar-refractivity contribution is 0.213. The van der Waals surface area contributed by atoms with Crippen molar-refractivity contribution in [1.82, 2.24) is 5.32 Å². The van der Waals surface area contributed by atoms with Crippen molar-refractivity contribution < 1.29 is 5.11 Å². The second-order valence-corrected chi connectivity index (χ2v) is 5.41. The molecular weight excluding hydrogens is 186 g/mol. The predicted molar refractivity (Wildman–Crippen MR) is 67.0 cm³/mol. The molecule has 0 amide bonds. The van der Waals surface area contributed by atoms with E-state index in [1.807, 2.05) is 0 Å². The Bertz CT molecular complexity index is 131. The first-order valence-electron chi connectivity index (χ1n) is 6.36. The summed E-state index contributed by atoms with van der Waals surface area (Å²) in [7, 11) is 0. The fourth-order valence-electron chi connectivity index (χ4n) is 2.00. The zero-order valence-corrected chi connectivity index (χ0v) is 11.1. The van der Waals surface area contributed by atoms with Gasteiger partial charge in [0.15, 0.2) is 0 Å². The van der Waals surface area contributed by atoms with Crippen LogP contribution < -0.4 is 5.32 Å². The van der Waals surface area contributed by atoms with Gasteiger partial charge >= 0.3 is 0 Å². The second-order valence-electron chi connectivity index (χ2n) is 5.41. The third kappa shape index (κ3) is 7.80. The van der Waals surface area contributed by atoms with E-state index in [9.17, 15) is 5.11 Å². The van der Waals surface area contributed by atoms with Crippen LogP contribution in [0.4, 0.5) is 0 Å². The van der Waals surface area contributed by atoms with Crippen molar-refractivity contribution in [1.29, 1.82) is 0 Å². The normalized spacial score (nSPS) is 14.2. The highest BCUT2D eigenvalue weighted by Gasteiger charge is 2.15. The van der Waals surface area contributed by atoms with Gasteiger partial charge in [-0.25, -0.2) is 0 Å². The molecule has 0 saturated carbocycles. The second kappa shape index (κ2) is 8.12. The molecule has 0 aromatic rings. The lowest BCUT2D eigenvalue weighted by atomic mass is 9.95. The van der Waals surface area contributed by atoms with E-state index in [2.05, 4.69) is 39.9 Å². The third-order valence-electron chi connectivity index (χ3n) is 2.70. The van der Waals surface area contributed by atoms with E-state index >= 15 is 0 Å². The Hall–Kier alpha value is -0.0800. The quantitative estimate of drug-likeness (QED) is 0.652. The van der Waals surface area contributed by atoms with Gasteiger partial charge in [0, 0.05) is 12.1 Å². The van der Waals surface area contributed by atoms with E-state index < -0.39 is 0 Å². The van der Waals surface area contributed by atoms with Crippen LogP contribution in [0.1, 0.15) is 53.9 Å². The minimum atomic E-state index is 0.253. The van der Waals surface area contributed by atoms with Gasteiger partial charge in [0.25, 0.3) is 0 Å². The summed E-state index contributed by atoms with van der Waals surface area (Å²) in [5.41, 5.74) is 0. The molecule has 0 aromatic heterocycles. The van der Waals surface area contributed by atoms with Crippen molar-refractivity contribution in [2.45, 2.75) is 66.0 Å². The maximum absolute atomic E-state index is 9.18. The minimum Gasteiger partial charge on any atom is -0.395 e. The van der Waals surface area contributed by atoms with Crippen molar-refractivity contribution >= 4 is 0 Å². The van der Waals surface area contributed by atoms with Crippen LogP contribution in [0.15, 0.2) is 0 Å². The number of hydrogen-bond donors (Lipinski definition) is 2. The molecule has 0 saturated heterocycles. The molecule has 2 N–H and O–H groups in total. The first-order valence-corrected chi connectivity index (χ1v) is 6.36. The van der Waals surface area contributed by atoms with Crippen LogP contribution >= 0.6 is 0 Å². The Morgan fingerprint density at radius 2 is 1.40 bits per heavy atom. The Morgan fingerprint density at radius 3 is 1.67 bits per heavy atom. The van der Waals surface area contributed by atoms with Crippen LogP contribution in [0.5, 0.6) is 0 Å². The average Bonchev–Trinajstić information content (AvgIpc) is 2.11. The molecule has 1 unspecified atom stereocenters. The van der Waals surface area contributed by atoms with E-state index in [1.165, 1.54) is 12.8 Å². The van der Waals surface area contributed by atoms with E-state index in [4.69, 9.17) is 0 Å². The van der Waals surface area contributed by atoms with Gasteiger partial charge in [-0.05, 0) is 31.1 Å². The van der Waals surface area contributed by atoms with E-state index in [-0.39, 0.29) is 12.6 Å². The molecule has 0 aromatic carbocycles. The topological polar surface area (TPSA) is 32.3 Å². The zero-order valence-electron chi connectivity index (χ0n) is 11.1. The van der Waals surface area contributed by atoms with Gasteiger partial charge in [0.05, 0.1) is 6.61 Å². The summed E-state index contributed by atoms with van der Waals surface area (Å²) >= 11 is 0. The summed E-state index contributed by atoms with van der Waals surface area (Å²) in [6.45, 7) is 11.4. The number of aliphatic hydroxyl groups excluding tert-OH is 1. The molecule has 0 aliphatic carbocycles. The average molecular weight is 215 g/mol. The molecule has 0 heterocycles. The summed E-state index contributed by atoms with van der Waals surface area (Å²) in [6.07, 6.45) is 3.41. The highest BCUT2D eigenvalue weighted by molar-refractivity contribution is 4.75. The van der Waals surface area contributed by atoms with Crippen LogP contribution in [-0.2, 0) is 0 Å². The first kappa shape index (κ1) is 14.9. The van der Waals surface area contributed by atoms with E-state index in [0.717, 1.165) is 18.3 Å². The molecule has 92 valence electrons. The first-order chi connectivity index (χ1) is 6.99. The van der Waals surface area contributed by atoms with Crippen molar-refractivity contribution in [3.05, 3.63) is 0 Å². The molecule has 15 heavy (non-hydrogen) atoms. The minimum absolute atomic E-state index is 0.253. The highest BCUT2D eigenvalue weighted by Crippen LogP contribution is 2.14. The van der Waals surface area contributed by atoms with Crippen LogP contribution in [0.25, 0.3) is 0 Å².